The Morgan fingerprint density at radius 1 is 0.875 bits per heavy atom. The summed E-state index contributed by atoms with van der Waals surface area (Å²) in [5, 5.41) is 7.97. The minimum absolute atomic E-state index is 0.987. The second kappa shape index (κ2) is 5.51. The Morgan fingerprint density at radius 3 is 2.79 bits per heavy atom. The zero-order chi connectivity index (χ0) is 16.1. The van der Waals surface area contributed by atoms with Gasteiger partial charge in [0, 0.05) is 42.9 Å². The number of nitrogens with zero attached hydrogens (tertiary/aromatic N) is 2. The number of hydrogen-bond acceptors (Lipinski definition) is 5. The number of hydrogen-bond donors (Lipinski definition) is 1. The van der Waals surface area contributed by atoms with Crippen molar-refractivity contribution in [3.8, 4) is 0 Å². The number of benzene rings is 2. The van der Waals surface area contributed by atoms with E-state index in [2.05, 4.69) is 66.9 Å². The van der Waals surface area contributed by atoms with Gasteiger partial charge in [0.15, 0.2) is 0 Å². The second-order valence-corrected chi connectivity index (χ2v) is 8.12. The van der Waals surface area contributed by atoms with Crippen LogP contribution in [-0.2, 0) is 0 Å². The van der Waals surface area contributed by atoms with Gasteiger partial charge in [0.1, 0.15) is 0 Å². The predicted molar refractivity (Wildman–Crippen MR) is 108 cm³/mol. The third kappa shape index (κ3) is 2.30. The number of fused-ring (bicyclic) bond motifs is 3. The maximum atomic E-state index is 4.53. The number of halogens is 1. The molecule has 0 fully saturated rings. The molecule has 0 amide bonds. The smallest absolute Gasteiger partial charge is 0.0832 e. The summed E-state index contributed by atoms with van der Waals surface area (Å²) in [5.41, 5.74) is 5.98. The zero-order valence-corrected chi connectivity index (χ0v) is 15.5. The third-order valence-corrected chi connectivity index (χ3v) is 6.71. The van der Waals surface area contributed by atoms with Crippen LogP contribution in [0, 0.1) is 0 Å². The molecule has 0 saturated heterocycles. The van der Waals surface area contributed by atoms with Crippen molar-refractivity contribution < 1.29 is 0 Å². The molecule has 0 saturated carbocycles. The molecule has 5 aromatic rings. The Hall–Kier alpha value is -2.02. The minimum atomic E-state index is 0.987. The molecular weight excluding hydrogens is 402 g/mol. The second-order valence-electron chi connectivity index (χ2n) is 5.47. The van der Waals surface area contributed by atoms with Crippen molar-refractivity contribution in [1.29, 1.82) is 0 Å². The largest absolute Gasteiger partial charge is 0.355 e. The van der Waals surface area contributed by atoms with Gasteiger partial charge in [-0.3, -0.25) is 4.98 Å². The van der Waals surface area contributed by atoms with Gasteiger partial charge >= 0.3 is 0 Å². The van der Waals surface area contributed by atoms with Crippen LogP contribution in [0.2, 0.25) is 0 Å². The number of anilines is 2. The van der Waals surface area contributed by atoms with Crippen molar-refractivity contribution in [2.75, 3.05) is 5.32 Å². The summed E-state index contributed by atoms with van der Waals surface area (Å²) in [5.74, 6) is 0. The van der Waals surface area contributed by atoms with Crippen LogP contribution in [0.15, 0.2) is 58.0 Å². The van der Waals surface area contributed by atoms with E-state index in [4.69, 9.17) is 0 Å². The molecule has 1 N–H and O–H groups in total. The molecule has 3 heterocycles. The van der Waals surface area contributed by atoms with Crippen LogP contribution in [0.3, 0.4) is 0 Å². The average molecular weight is 412 g/mol. The molecule has 0 spiro atoms. The molecule has 5 rings (SSSR count). The molecule has 0 aliphatic rings. The molecule has 0 bridgehead atoms. The highest BCUT2D eigenvalue weighted by atomic mass is 79.9. The van der Waals surface area contributed by atoms with E-state index in [0.29, 0.717) is 0 Å². The number of rotatable bonds is 2. The summed E-state index contributed by atoms with van der Waals surface area (Å²) >= 11 is 7.00. The molecule has 0 radical (unpaired) electrons. The molecule has 0 unspecified atom stereocenters. The van der Waals surface area contributed by atoms with Crippen molar-refractivity contribution in [3.63, 3.8) is 0 Å². The lowest BCUT2D eigenvalue weighted by Gasteiger charge is -2.10. The highest BCUT2D eigenvalue weighted by molar-refractivity contribution is 9.10. The molecule has 0 aliphatic heterocycles. The quantitative estimate of drug-likeness (QED) is 0.357. The Kier molecular flexibility index (Phi) is 3.29. The van der Waals surface area contributed by atoms with Crippen LogP contribution >= 0.6 is 38.6 Å². The maximum Gasteiger partial charge on any atom is 0.0832 e. The van der Waals surface area contributed by atoms with Crippen LogP contribution in [0.25, 0.3) is 31.2 Å². The van der Waals surface area contributed by atoms with Gasteiger partial charge in [-0.05, 0) is 52.3 Å². The molecule has 0 aliphatic carbocycles. The molecular formula is C18H10BrN3S2. The van der Waals surface area contributed by atoms with Gasteiger partial charge in [0.2, 0.25) is 0 Å². The highest BCUT2D eigenvalue weighted by Gasteiger charge is 2.08. The number of pyridine rings is 1. The molecule has 6 heteroatoms. The number of aromatic nitrogens is 2. The average Bonchev–Trinajstić information content (AvgIpc) is 3.20. The van der Waals surface area contributed by atoms with E-state index in [1.165, 1.54) is 14.8 Å². The zero-order valence-electron chi connectivity index (χ0n) is 12.3. The third-order valence-electron chi connectivity index (χ3n) is 4.00. The van der Waals surface area contributed by atoms with Gasteiger partial charge in [-0.1, -0.05) is 0 Å². The van der Waals surface area contributed by atoms with Gasteiger partial charge in [-0.15, -0.1) is 22.7 Å². The van der Waals surface area contributed by atoms with E-state index < -0.39 is 0 Å². The molecule has 3 nitrogen and oxygen atoms in total. The standard InChI is InChI=1S/C18H10BrN3S2/c19-13-8-23-18-7-12-14(3-4-20-15(12)6-11(13)18)22-10-1-2-17-16(5-10)21-9-24-17/h1-9H,(H,20,22). The molecule has 3 aromatic heterocycles. The topological polar surface area (TPSA) is 37.8 Å². The van der Waals surface area contributed by atoms with Crippen molar-refractivity contribution in [2.24, 2.45) is 0 Å². The van der Waals surface area contributed by atoms with E-state index in [-0.39, 0.29) is 0 Å². The first-order valence-electron chi connectivity index (χ1n) is 7.34. The molecule has 2 aromatic carbocycles. The Balaban J connectivity index is 1.66. The highest BCUT2D eigenvalue weighted by Crippen LogP contribution is 2.36. The lowest BCUT2D eigenvalue weighted by molar-refractivity contribution is 1.41. The fraction of sp³-hybridized carbons (Fsp3) is 0. The maximum absolute atomic E-state index is 4.53. The fourth-order valence-corrected chi connectivity index (χ4v) is 5.07. The van der Waals surface area contributed by atoms with E-state index in [1.54, 1.807) is 22.7 Å². The molecule has 0 atom stereocenters. The van der Waals surface area contributed by atoms with Crippen LogP contribution in [0.5, 0.6) is 0 Å². The Bertz CT molecular complexity index is 1210. The summed E-state index contributed by atoms with van der Waals surface area (Å²) in [6.45, 7) is 0. The van der Waals surface area contributed by atoms with E-state index in [0.717, 1.165) is 32.3 Å². The van der Waals surface area contributed by atoms with Gasteiger partial charge in [-0.25, -0.2) is 4.98 Å². The summed E-state index contributed by atoms with van der Waals surface area (Å²) < 4.78 is 3.57. The van der Waals surface area contributed by atoms with Gasteiger partial charge in [-0.2, -0.15) is 0 Å². The number of thiazole rings is 1. The Labute approximate surface area is 154 Å². The lowest BCUT2D eigenvalue weighted by atomic mass is 10.1. The minimum Gasteiger partial charge on any atom is -0.355 e. The first kappa shape index (κ1) is 14.3. The first-order valence-corrected chi connectivity index (χ1v) is 9.89. The van der Waals surface area contributed by atoms with Crippen LogP contribution < -0.4 is 5.32 Å². The molecule has 116 valence electrons. The van der Waals surface area contributed by atoms with E-state index >= 15 is 0 Å². The summed E-state index contributed by atoms with van der Waals surface area (Å²) in [7, 11) is 0. The molecule has 24 heavy (non-hydrogen) atoms. The summed E-state index contributed by atoms with van der Waals surface area (Å²) in [6.07, 6.45) is 1.85. The fourth-order valence-electron chi connectivity index (χ4n) is 2.84. The van der Waals surface area contributed by atoms with Gasteiger partial charge in [0.05, 0.1) is 21.2 Å². The van der Waals surface area contributed by atoms with E-state index in [1.807, 2.05) is 17.8 Å². The predicted octanol–water partition coefficient (Wildman–Crippen LogP) is 6.57. The van der Waals surface area contributed by atoms with Crippen LogP contribution in [0.1, 0.15) is 0 Å². The SMILES string of the molecule is Brc1csc2cc3c(Nc4ccc5scnc5c4)ccnc3cc12. The first-order chi connectivity index (χ1) is 11.8. The van der Waals surface area contributed by atoms with Crippen molar-refractivity contribution in [1.82, 2.24) is 9.97 Å². The van der Waals surface area contributed by atoms with Crippen molar-refractivity contribution >= 4 is 81.2 Å². The summed E-state index contributed by atoms with van der Waals surface area (Å²) in [6, 6.07) is 12.6. The van der Waals surface area contributed by atoms with E-state index in [9.17, 15) is 0 Å². The Morgan fingerprint density at radius 2 is 1.83 bits per heavy atom. The van der Waals surface area contributed by atoms with Crippen LogP contribution in [-0.4, -0.2) is 9.97 Å². The van der Waals surface area contributed by atoms with Crippen LogP contribution in [0.4, 0.5) is 11.4 Å². The number of nitrogens with one attached hydrogen (secondary N) is 1. The van der Waals surface area contributed by atoms with Gasteiger partial charge in [0.25, 0.3) is 0 Å². The normalized spacial score (nSPS) is 11.5. The summed E-state index contributed by atoms with van der Waals surface area (Å²) in [4.78, 5) is 8.92. The van der Waals surface area contributed by atoms with Crippen molar-refractivity contribution in [2.45, 2.75) is 0 Å². The lowest BCUT2D eigenvalue weighted by Crippen LogP contribution is -1.92. The number of thiophene rings is 1. The monoisotopic (exact) mass is 411 g/mol. The van der Waals surface area contributed by atoms with Gasteiger partial charge < -0.3 is 5.32 Å². The van der Waals surface area contributed by atoms with Crippen molar-refractivity contribution in [3.05, 3.63) is 58.0 Å².